The molecule has 0 aliphatic carbocycles. The van der Waals surface area contributed by atoms with Crippen LogP contribution in [0.1, 0.15) is 28.1 Å². The summed E-state index contributed by atoms with van der Waals surface area (Å²) in [5.74, 6) is 0.375. The smallest absolute Gasteiger partial charge is 0.289 e. The minimum absolute atomic E-state index is 0.104. The molecule has 2 amide bonds. The van der Waals surface area contributed by atoms with E-state index in [0.29, 0.717) is 38.4 Å². The van der Waals surface area contributed by atoms with Crippen molar-refractivity contribution in [3.05, 3.63) is 59.5 Å². The maximum absolute atomic E-state index is 12.6. The van der Waals surface area contributed by atoms with Crippen molar-refractivity contribution in [3.63, 3.8) is 0 Å². The number of hydrogen-bond acceptors (Lipinski definition) is 3. The molecule has 2 heterocycles. The summed E-state index contributed by atoms with van der Waals surface area (Å²) in [6.07, 6.45) is 2.70. The molecule has 0 spiro atoms. The quantitative estimate of drug-likeness (QED) is 0.871. The second kappa shape index (κ2) is 7.34. The van der Waals surface area contributed by atoms with Crippen LogP contribution in [0.2, 0.25) is 0 Å². The average molecular weight is 326 g/mol. The summed E-state index contributed by atoms with van der Waals surface area (Å²) in [6, 6.07) is 11.3. The van der Waals surface area contributed by atoms with E-state index < -0.39 is 0 Å². The summed E-state index contributed by atoms with van der Waals surface area (Å²) in [5.41, 5.74) is 2.20. The third-order valence-electron chi connectivity index (χ3n) is 4.47. The van der Waals surface area contributed by atoms with E-state index in [1.54, 1.807) is 17.0 Å². The largest absolute Gasteiger partial charge is 0.459 e. The van der Waals surface area contributed by atoms with Gasteiger partial charge in [0.15, 0.2) is 5.76 Å². The Bertz CT molecular complexity index is 709. The Kier molecular flexibility index (Phi) is 4.99. The minimum atomic E-state index is -0.104. The van der Waals surface area contributed by atoms with E-state index in [0.717, 1.165) is 17.5 Å². The van der Waals surface area contributed by atoms with Crippen molar-refractivity contribution in [1.29, 1.82) is 0 Å². The second-order valence-electron chi connectivity index (χ2n) is 6.11. The van der Waals surface area contributed by atoms with Crippen LogP contribution in [0.3, 0.4) is 0 Å². The van der Waals surface area contributed by atoms with Gasteiger partial charge in [-0.25, -0.2) is 0 Å². The van der Waals surface area contributed by atoms with E-state index in [1.165, 1.54) is 6.26 Å². The van der Waals surface area contributed by atoms with Gasteiger partial charge in [0.05, 0.1) is 12.7 Å². The zero-order valence-corrected chi connectivity index (χ0v) is 13.9. The Labute approximate surface area is 141 Å². The van der Waals surface area contributed by atoms with Crippen molar-refractivity contribution in [2.24, 2.45) is 0 Å². The topological polar surface area (TPSA) is 53.8 Å². The summed E-state index contributed by atoms with van der Waals surface area (Å²) >= 11 is 0. The Balaban J connectivity index is 1.60. The molecular weight excluding hydrogens is 304 g/mol. The standard InChI is InChI=1S/C19H22N2O3/c1-15-6-2-3-7-16(15)14-18(22)20-9-5-10-21(12-11-20)19(23)17-8-4-13-24-17/h2-4,6-8,13H,5,9-12,14H2,1H3. The number of amides is 2. The molecule has 5 nitrogen and oxygen atoms in total. The molecule has 5 heteroatoms. The zero-order valence-electron chi connectivity index (χ0n) is 13.9. The van der Waals surface area contributed by atoms with Crippen LogP contribution >= 0.6 is 0 Å². The molecule has 0 unspecified atom stereocenters. The van der Waals surface area contributed by atoms with Crippen LogP contribution in [0.15, 0.2) is 47.1 Å². The van der Waals surface area contributed by atoms with Crippen molar-refractivity contribution in [1.82, 2.24) is 9.80 Å². The van der Waals surface area contributed by atoms with E-state index in [4.69, 9.17) is 4.42 Å². The Morgan fingerprint density at radius 2 is 1.75 bits per heavy atom. The molecule has 1 aromatic heterocycles. The molecular formula is C19H22N2O3. The number of furan rings is 1. The fraction of sp³-hybridized carbons (Fsp3) is 0.368. The number of rotatable bonds is 3. The number of carbonyl (C=O) groups excluding carboxylic acids is 2. The maximum Gasteiger partial charge on any atom is 0.289 e. The van der Waals surface area contributed by atoms with Gasteiger partial charge in [0.1, 0.15) is 0 Å². The van der Waals surface area contributed by atoms with Gasteiger partial charge in [-0.15, -0.1) is 0 Å². The number of hydrogen-bond donors (Lipinski definition) is 0. The van der Waals surface area contributed by atoms with Gasteiger partial charge >= 0.3 is 0 Å². The van der Waals surface area contributed by atoms with Crippen LogP contribution in [0.25, 0.3) is 0 Å². The highest BCUT2D eigenvalue weighted by molar-refractivity contribution is 5.91. The molecule has 126 valence electrons. The van der Waals surface area contributed by atoms with Crippen LogP contribution in [-0.4, -0.2) is 47.8 Å². The molecule has 24 heavy (non-hydrogen) atoms. The first-order chi connectivity index (χ1) is 11.6. The van der Waals surface area contributed by atoms with Gasteiger partial charge in [-0.1, -0.05) is 24.3 Å². The third-order valence-corrected chi connectivity index (χ3v) is 4.47. The van der Waals surface area contributed by atoms with Gasteiger partial charge in [0, 0.05) is 26.2 Å². The molecule has 1 saturated heterocycles. The fourth-order valence-electron chi connectivity index (χ4n) is 3.01. The van der Waals surface area contributed by atoms with Crippen LogP contribution in [0.4, 0.5) is 0 Å². The monoisotopic (exact) mass is 326 g/mol. The first-order valence-electron chi connectivity index (χ1n) is 8.30. The molecule has 0 radical (unpaired) electrons. The number of nitrogens with zero attached hydrogens (tertiary/aromatic N) is 2. The average Bonchev–Trinajstić information content (AvgIpc) is 3.00. The maximum atomic E-state index is 12.6. The third kappa shape index (κ3) is 3.67. The molecule has 1 fully saturated rings. The molecule has 3 rings (SSSR count). The zero-order chi connectivity index (χ0) is 16.9. The fourth-order valence-corrected chi connectivity index (χ4v) is 3.01. The summed E-state index contributed by atoms with van der Waals surface area (Å²) < 4.78 is 5.18. The summed E-state index contributed by atoms with van der Waals surface area (Å²) in [4.78, 5) is 28.6. The summed E-state index contributed by atoms with van der Waals surface area (Å²) in [6.45, 7) is 4.46. The van der Waals surface area contributed by atoms with Gasteiger partial charge in [-0.2, -0.15) is 0 Å². The van der Waals surface area contributed by atoms with Crippen molar-refractivity contribution >= 4 is 11.8 Å². The van der Waals surface area contributed by atoms with Crippen molar-refractivity contribution < 1.29 is 14.0 Å². The first-order valence-corrected chi connectivity index (χ1v) is 8.30. The molecule has 0 N–H and O–H groups in total. The van der Waals surface area contributed by atoms with E-state index in [2.05, 4.69) is 0 Å². The highest BCUT2D eigenvalue weighted by atomic mass is 16.3. The van der Waals surface area contributed by atoms with Crippen LogP contribution in [-0.2, 0) is 11.2 Å². The predicted octanol–water partition coefficient (Wildman–Crippen LogP) is 2.51. The second-order valence-corrected chi connectivity index (χ2v) is 6.11. The molecule has 1 aliphatic rings. The van der Waals surface area contributed by atoms with E-state index in [1.807, 2.05) is 36.1 Å². The molecule has 2 aromatic rings. The van der Waals surface area contributed by atoms with Crippen molar-refractivity contribution in [2.45, 2.75) is 19.8 Å². The lowest BCUT2D eigenvalue weighted by Gasteiger charge is -2.22. The molecule has 0 atom stereocenters. The lowest BCUT2D eigenvalue weighted by molar-refractivity contribution is -0.130. The van der Waals surface area contributed by atoms with E-state index in [-0.39, 0.29) is 11.8 Å². The lowest BCUT2D eigenvalue weighted by atomic mass is 10.1. The SMILES string of the molecule is Cc1ccccc1CC(=O)N1CCCN(C(=O)c2ccco2)CC1. The molecule has 1 aliphatic heterocycles. The summed E-state index contributed by atoms with van der Waals surface area (Å²) in [7, 11) is 0. The van der Waals surface area contributed by atoms with Gasteiger partial charge in [-0.05, 0) is 36.6 Å². The van der Waals surface area contributed by atoms with E-state index in [9.17, 15) is 9.59 Å². The van der Waals surface area contributed by atoms with Gasteiger partial charge in [0.25, 0.3) is 5.91 Å². The minimum Gasteiger partial charge on any atom is -0.459 e. The normalized spacial score (nSPS) is 15.2. The van der Waals surface area contributed by atoms with Crippen LogP contribution in [0.5, 0.6) is 0 Å². The van der Waals surface area contributed by atoms with Crippen LogP contribution in [0, 0.1) is 6.92 Å². The Morgan fingerprint density at radius 3 is 2.50 bits per heavy atom. The number of benzene rings is 1. The summed E-state index contributed by atoms with van der Waals surface area (Å²) in [5, 5.41) is 0. The van der Waals surface area contributed by atoms with Gasteiger partial charge in [0.2, 0.25) is 5.91 Å². The van der Waals surface area contributed by atoms with Crippen molar-refractivity contribution in [2.75, 3.05) is 26.2 Å². The lowest BCUT2D eigenvalue weighted by Crippen LogP contribution is -2.38. The van der Waals surface area contributed by atoms with Gasteiger partial charge < -0.3 is 14.2 Å². The number of carbonyl (C=O) groups is 2. The van der Waals surface area contributed by atoms with Crippen molar-refractivity contribution in [3.8, 4) is 0 Å². The Morgan fingerprint density at radius 1 is 1.00 bits per heavy atom. The molecule has 0 bridgehead atoms. The Hall–Kier alpha value is -2.56. The molecule has 0 saturated carbocycles. The molecule has 1 aromatic carbocycles. The first kappa shape index (κ1) is 16.3. The van der Waals surface area contributed by atoms with E-state index >= 15 is 0 Å². The number of aryl methyl sites for hydroxylation is 1. The predicted molar refractivity (Wildman–Crippen MR) is 90.7 cm³/mol. The van der Waals surface area contributed by atoms with Crippen LogP contribution < -0.4 is 0 Å². The highest BCUT2D eigenvalue weighted by Gasteiger charge is 2.24. The van der Waals surface area contributed by atoms with Gasteiger partial charge in [-0.3, -0.25) is 9.59 Å². The highest BCUT2D eigenvalue weighted by Crippen LogP contribution is 2.13.